The van der Waals surface area contributed by atoms with Crippen molar-refractivity contribution in [3.05, 3.63) is 0 Å². The number of rotatable bonds is 10. The topological polar surface area (TPSA) is 71.9 Å². The minimum atomic E-state index is -0.673. The van der Waals surface area contributed by atoms with Crippen molar-refractivity contribution in [2.45, 2.75) is 45.4 Å². The molecular formula is C14H30N3O3+. The second-order valence-electron chi connectivity index (χ2n) is 5.24. The van der Waals surface area contributed by atoms with E-state index in [1.807, 2.05) is 14.1 Å². The Morgan fingerprint density at radius 2 is 1.70 bits per heavy atom. The Morgan fingerprint density at radius 1 is 1.05 bits per heavy atom. The number of urea groups is 1. The summed E-state index contributed by atoms with van der Waals surface area (Å²) in [6.45, 7) is 3.88. The van der Waals surface area contributed by atoms with Crippen LogP contribution >= 0.6 is 0 Å². The van der Waals surface area contributed by atoms with Gasteiger partial charge < -0.3 is 15.0 Å². The Bertz CT molecular complexity index is 270. The first-order chi connectivity index (χ1) is 9.56. The molecule has 0 spiro atoms. The fourth-order valence-corrected chi connectivity index (χ4v) is 1.65. The van der Waals surface area contributed by atoms with Crippen molar-refractivity contribution in [3.63, 3.8) is 0 Å². The minimum Gasteiger partial charge on any atom is -0.449 e. The van der Waals surface area contributed by atoms with Gasteiger partial charge in [0.25, 0.3) is 0 Å². The summed E-state index contributed by atoms with van der Waals surface area (Å²) >= 11 is 0. The monoisotopic (exact) mass is 288 g/mol. The van der Waals surface area contributed by atoms with Gasteiger partial charge in [0.1, 0.15) is 0 Å². The third kappa shape index (κ3) is 13.1. The van der Waals surface area contributed by atoms with E-state index < -0.39 is 12.1 Å². The lowest BCUT2D eigenvalue weighted by atomic mass is 10.1. The van der Waals surface area contributed by atoms with Crippen LogP contribution in [0.3, 0.4) is 0 Å². The number of nitrogens with one attached hydrogen (secondary N) is 3. The lowest BCUT2D eigenvalue weighted by Gasteiger charge is -2.09. The predicted molar refractivity (Wildman–Crippen MR) is 78.9 cm³/mol. The average molecular weight is 288 g/mol. The van der Waals surface area contributed by atoms with Crippen molar-refractivity contribution in [1.29, 1.82) is 0 Å². The Labute approximate surface area is 122 Å². The van der Waals surface area contributed by atoms with Crippen molar-refractivity contribution >= 4 is 12.1 Å². The van der Waals surface area contributed by atoms with E-state index in [0.717, 1.165) is 19.4 Å². The second kappa shape index (κ2) is 12.7. The van der Waals surface area contributed by atoms with Gasteiger partial charge in [-0.05, 0) is 6.42 Å². The summed E-state index contributed by atoms with van der Waals surface area (Å²) in [5.74, 6) is 0. The second-order valence-corrected chi connectivity index (χ2v) is 5.24. The summed E-state index contributed by atoms with van der Waals surface area (Å²) in [5, 5.41) is 4.74. The van der Waals surface area contributed by atoms with Gasteiger partial charge in [0.2, 0.25) is 0 Å². The highest BCUT2D eigenvalue weighted by Crippen LogP contribution is 2.04. The van der Waals surface area contributed by atoms with Gasteiger partial charge in [-0.25, -0.2) is 14.9 Å². The van der Waals surface area contributed by atoms with E-state index in [1.54, 1.807) is 0 Å². The van der Waals surface area contributed by atoms with Crippen LogP contribution in [-0.2, 0) is 4.74 Å². The number of hydrogen-bond donors (Lipinski definition) is 3. The summed E-state index contributed by atoms with van der Waals surface area (Å²) in [6, 6.07) is -0.501. The molecule has 3 N–H and O–H groups in total. The molecule has 0 saturated carbocycles. The van der Waals surface area contributed by atoms with Gasteiger partial charge in [-0.3, -0.25) is 0 Å². The molecule has 0 rings (SSSR count). The maximum absolute atomic E-state index is 11.3. The fourth-order valence-electron chi connectivity index (χ4n) is 1.65. The molecular weight excluding hydrogens is 258 g/mol. The largest absolute Gasteiger partial charge is 0.449 e. The van der Waals surface area contributed by atoms with E-state index in [2.05, 4.69) is 17.6 Å². The van der Waals surface area contributed by atoms with Crippen molar-refractivity contribution in [1.82, 2.24) is 10.6 Å². The van der Waals surface area contributed by atoms with Crippen LogP contribution in [0.15, 0.2) is 0 Å². The maximum Gasteiger partial charge on any atom is 0.415 e. The SMILES string of the molecule is CCCCCCCCOC(=O)NC(=O)NCC[NH+](C)C. The number of carbonyl (C=O) groups is 2. The summed E-state index contributed by atoms with van der Waals surface area (Å²) in [6.07, 6.45) is 6.13. The molecule has 0 atom stereocenters. The zero-order valence-electron chi connectivity index (χ0n) is 13.1. The average Bonchev–Trinajstić information content (AvgIpc) is 2.37. The first-order valence-corrected chi connectivity index (χ1v) is 7.57. The van der Waals surface area contributed by atoms with Gasteiger partial charge in [-0.15, -0.1) is 0 Å². The van der Waals surface area contributed by atoms with Crippen LogP contribution in [0.4, 0.5) is 9.59 Å². The standard InChI is InChI=1S/C14H29N3O3/c1-4-5-6-7-8-9-12-20-14(19)16-13(18)15-10-11-17(2)3/h4-12H2,1-3H3,(H2,15,16,18,19)/p+1. The number of imide groups is 1. The molecule has 6 heteroatoms. The molecule has 0 fully saturated rings. The van der Waals surface area contributed by atoms with Crippen LogP contribution < -0.4 is 15.5 Å². The van der Waals surface area contributed by atoms with E-state index in [1.165, 1.54) is 30.6 Å². The zero-order chi connectivity index (χ0) is 15.2. The lowest BCUT2D eigenvalue weighted by molar-refractivity contribution is -0.856. The van der Waals surface area contributed by atoms with E-state index in [4.69, 9.17) is 4.74 Å². The smallest absolute Gasteiger partial charge is 0.415 e. The molecule has 0 aromatic carbocycles. The van der Waals surface area contributed by atoms with E-state index in [-0.39, 0.29) is 0 Å². The number of hydrogen-bond acceptors (Lipinski definition) is 3. The first-order valence-electron chi connectivity index (χ1n) is 7.57. The van der Waals surface area contributed by atoms with Crippen LogP contribution in [0.25, 0.3) is 0 Å². The van der Waals surface area contributed by atoms with Gasteiger partial charge in [-0.2, -0.15) is 0 Å². The molecule has 0 aromatic rings. The first kappa shape index (κ1) is 18.7. The third-order valence-electron chi connectivity index (χ3n) is 2.86. The zero-order valence-corrected chi connectivity index (χ0v) is 13.1. The molecule has 0 aliphatic carbocycles. The number of likely N-dealkylation sites (N-methyl/N-ethyl adjacent to an activating group) is 1. The summed E-state index contributed by atoms with van der Waals surface area (Å²) in [5.41, 5.74) is 0. The molecule has 0 bridgehead atoms. The van der Waals surface area contributed by atoms with Crippen LogP contribution in [-0.4, -0.2) is 45.9 Å². The molecule has 0 saturated heterocycles. The highest BCUT2D eigenvalue weighted by Gasteiger charge is 2.07. The molecule has 0 aliphatic rings. The Balaban J connectivity index is 3.41. The van der Waals surface area contributed by atoms with E-state index in [9.17, 15) is 9.59 Å². The molecule has 0 unspecified atom stereocenters. The van der Waals surface area contributed by atoms with Crippen LogP contribution in [0.5, 0.6) is 0 Å². The van der Waals surface area contributed by atoms with Crippen molar-refractivity contribution < 1.29 is 19.2 Å². The fraction of sp³-hybridized carbons (Fsp3) is 0.857. The number of alkyl carbamates (subject to hydrolysis) is 1. The highest BCUT2D eigenvalue weighted by molar-refractivity contribution is 5.90. The van der Waals surface area contributed by atoms with Crippen molar-refractivity contribution in [3.8, 4) is 0 Å². The van der Waals surface area contributed by atoms with E-state index in [0.29, 0.717) is 13.2 Å². The predicted octanol–water partition coefficient (Wildman–Crippen LogP) is 0.927. The number of quaternary nitrogens is 1. The molecule has 0 radical (unpaired) electrons. The van der Waals surface area contributed by atoms with Crippen molar-refractivity contribution in [2.75, 3.05) is 33.8 Å². The van der Waals surface area contributed by atoms with Crippen LogP contribution in [0.1, 0.15) is 45.4 Å². The van der Waals surface area contributed by atoms with Crippen LogP contribution in [0.2, 0.25) is 0 Å². The van der Waals surface area contributed by atoms with Gasteiger partial charge in [-0.1, -0.05) is 39.0 Å². The van der Waals surface area contributed by atoms with Gasteiger partial charge in [0.15, 0.2) is 0 Å². The Hall–Kier alpha value is -1.30. The Morgan fingerprint density at radius 3 is 2.35 bits per heavy atom. The van der Waals surface area contributed by atoms with Gasteiger partial charge in [0, 0.05) is 0 Å². The molecule has 118 valence electrons. The number of ether oxygens (including phenoxy) is 1. The number of amides is 3. The van der Waals surface area contributed by atoms with Gasteiger partial charge >= 0.3 is 12.1 Å². The number of unbranched alkanes of at least 4 members (excludes halogenated alkanes) is 5. The lowest BCUT2D eigenvalue weighted by Crippen LogP contribution is -3.06. The van der Waals surface area contributed by atoms with E-state index >= 15 is 0 Å². The summed E-state index contributed by atoms with van der Waals surface area (Å²) in [7, 11) is 3.99. The van der Waals surface area contributed by atoms with Gasteiger partial charge in [0.05, 0.1) is 33.8 Å². The van der Waals surface area contributed by atoms with Crippen LogP contribution in [0, 0.1) is 0 Å². The highest BCUT2D eigenvalue weighted by atomic mass is 16.5. The molecule has 3 amide bonds. The molecule has 6 nitrogen and oxygen atoms in total. The minimum absolute atomic E-state index is 0.368. The number of carbonyl (C=O) groups excluding carboxylic acids is 2. The molecule has 20 heavy (non-hydrogen) atoms. The summed E-state index contributed by atoms with van der Waals surface area (Å²) < 4.78 is 4.93. The molecule has 0 heterocycles. The normalized spacial score (nSPS) is 10.4. The summed E-state index contributed by atoms with van der Waals surface area (Å²) in [4.78, 5) is 23.8. The van der Waals surface area contributed by atoms with Crippen molar-refractivity contribution in [2.24, 2.45) is 0 Å². The molecule has 0 aliphatic heterocycles. The Kier molecular flexibility index (Phi) is 11.9. The maximum atomic E-state index is 11.3. The quantitative estimate of drug-likeness (QED) is 0.524. The third-order valence-corrected chi connectivity index (χ3v) is 2.86. The molecule has 0 aromatic heterocycles.